The highest BCUT2D eigenvalue weighted by molar-refractivity contribution is 7.97. The normalized spacial score (nSPS) is 14.3. The predicted octanol–water partition coefficient (Wildman–Crippen LogP) is 5.04. The molecule has 0 radical (unpaired) electrons. The van der Waals surface area contributed by atoms with Crippen molar-refractivity contribution >= 4 is 47.0 Å². The summed E-state index contributed by atoms with van der Waals surface area (Å²) in [6, 6.07) is 15.6. The van der Waals surface area contributed by atoms with Gasteiger partial charge in [0.1, 0.15) is 5.82 Å². The third kappa shape index (κ3) is 5.08. The Hall–Kier alpha value is -3.10. The van der Waals surface area contributed by atoms with Gasteiger partial charge in [0.2, 0.25) is 5.95 Å². The quantitative estimate of drug-likeness (QED) is 0.242. The van der Waals surface area contributed by atoms with Crippen LogP contribution in [0.5, 0.6) is 0 Å². The number of hydrogen-bond donors (Lipinski definition) is 4. The fraction of sp³-hybridized carbons (Fsp3) is 0.227. The summed E-state index contributed by atoms with van der Waals surface area (Å²) in [4.78, 5) is 10.1. The second-order valence-corrected chi connectivity index (χ2v) is 8.25. The van der Waals surface area contributed by atoms with E-state index in [1.165, 1.54) is 30.4 Å². The average molecular weight is 420 g/mol. The summed E-state index contributed by atoms with van der Waals surface area (Å²) in [5.41, 5.74) is 8.81. The minimum atomic E-state index is 0.500. The van der Waals surface area contributed by atoms with E-state index in [0.29, 0.717) is 23.0 Å². The summed E-state index contributed by atoms with van der Waals surface area (Å²) < 4.78 is 2.43. The van der Waals surface area contributed by atoms with E-state index in [0.717, 1.165) is 24.5 Å². The summed E-state index contributed by atoms with van der Waals surface area (Å²) in [7, 11) is 0. The van der Waals surface area contributed by atoms with Gasteiger partial charge in [-0.25, -0.2) is 9.29 Å². The molecule has 0 amide bonds. The molecule has 0 bridgehead atoms. The van der Waals surface area contributed by atoms with Crippen LogP contribution in [0.3, 0.4) is 0 Å². The first-order valence-corrected chi connectivity index (χ1v) is 10.8. The van der Waals surface area contributed by atoms with Crippen molar-refractivity contribution in [3.05, 3.63) is 60.3 Å². The van der Waals surface area contributed by atoms with Crippen molar-refractivity contribution in [1.29, 1.82) is 5.41 Å². The van der Waals surface area contributed by atoms with E-state index >= 15 is 0 Å². The second-order valence-electron chi connectivity index (χ2n) is 7.08. The fourth-order valence-electron chi connectivity index (χ4n) is 3.34. The van der Waals surface area contributed by atoms with E-state index < -0.39 is 0 Å². The summed E-state index contributed by atoms with van der Waals surface area (Å²) in [6.07, 6.45) is 6.80. The van der Waals surface area contributed by atoms with Gasteiger partial charge in [0, 0.05) is 47.3 Å². The van der Waals surface area contributed by atoms with Crippen LogP contribution in [0.2, 0.25) is 0 Å². The Kier molecular flexibility index (Phi) is 6.46. The van der Waals surface area contributed by atoms with Crippen molar-refractivity contribution in [2.45, 2.75) is 24.2 Å². The zero-order valence-corrected chi connectivity index (χ0v) is 17.5. The summed E-state index contributed by atoms with van der Waals surface area (Å²) >= 11 is 1.81. The molecule has 1 aliphatic rings. The molecule has 0 atom stereocenters. The molecule has 1 aliphatic heterocycles. The maximum Gasteiger partial charge on any atom is 0.229 e. The lowest BCUT2D eigenvalue weighted by atomic mass is 10.1. The number of hydrogen-bond acceptors (Lipinski definition) is 8. The van der Waals surface area contributed by atoms with Gasteiger partial charge >= 0.3 is 0 Å². The van der Waals surface area contributed by atoms with Gasteiger partial charge in [0.25, 0.3) is 0 Å². The van der Waals surface area contributed by atoms with Crippen molar-refractivity contribution in [2.75, 3.05) is 29.5 Å². The van der Waals surface area contributed by atoms with E-state index in [-0.39, 0.29) is 0 Å². The van der Waals surface area contributed by atoms with Crippen molar-refractivity contribution in [3.63, 3.8) is 0 Å². The second kappa shape index (κ2) is 9.60. The molecule has 154 valence electrons. The highest BCUT2D eigenvalue weighted by Crippen LogP contribution is 2.29. The number of nitrogens with two attached hydrogens (primary N) is 1. The molecule has 4 rings (SSSR count). The van der Waals surface area contributed by atoms with Crippen LogP contribution in [-0.4, -0.2) is 33.6 Å². The van der Waals surface area contributed by atoms with Crippen molar-refractivity contribution in [2.24, 2.45) is 0 Å². The zero-order chi connectivity index (χ0) is 20.8. The number of nitrogens with zero attached hydrogens (tertiary/aromatic N) is 3. The van der Waals surface area contributed by atoms with Crippen LogP contribution >= 0.6 is 11.9 Å². The Morgan fingerprint density at radius 3 is 2.70 bits per heavy atom. The molecule has 0 spiro atoms. The first-order valence-electron chi connectivity index (χ1n) is 10.0. The van der Waals surface area contributed by atoms with E-state index in [9.17, 15) is 0 Å². The van der Waals surface area contributed by atoms with E-state index in [4.69, 9.17) is 11.1 Å². The van der Waals surface area contributed by atoms with Crippen LogP contribution in [0.1, 0.15) is 24.8 Å². The smallest absolute Gasteiger partial charge is 0.229 e. The van der Waals surface area contributed by atoms with E-state index in [1.54, 1.807) is 30.3 Å². The maximum absolute atomic E-state index is 7.60. The van der Waals surface area contributed by atoms with Crippen molar-refractivity contribution in [3.8, 4) is 0 Å². The molecular weight excluding hydrogens is 394 g/mol. The van der Waals surface area contributed by atoms with Crippen LogP contribution in [0, 0.1) is 5.41 Å². The van der Waals surface area contributed by atoms with Crippen molar-refractivity contribution < 1.29 is 0 Å². The SMILES string of the molecule is N=Cc1c(N)cccc1Nc1ccnc(Nc2cccc(SN3CCCCC3)c2)n1. The zero-order valence-electron chi connectivity index (χ0n) is 16.6. The molecule has 2 aromatic carbocycles. The van der Waals surface area contributed by atoms with Crippen LogP contribution in [0.4, 0.5) is 28.8 Å². The Bertz CT molecular complexity index is 1020. The molecule has 7 nitrogen and oxygen atoms in total. The molecule has 1 saturated heterocycles. The van der Waals surface area contributed by atoms with Crippen LogP contribution in [0.15, 0.2) is 59.6 Å². The minimum absolute atomic E-state index is 0.500. The van der Waals surface area contributed by atoms with Gasteiger partial charge < -0.3 is 21.8 Å². The molecule has 8 heteroatoms. The highest BCUT2D eigenvalue weighted by Gasteiger charge is 2.12. The molecule has 0 aliphatic carbocycles. The largest absolute Gasteiger partial charge is 0.398 e. The Labute approximate surface area is 180 Å². The highest BCUT2D eigenvalue weighted by atomic mass is 32.2. The molecule has 0 unspecified atom stereocenters. The number of nitrogens with one attached hydrogen (secondary N) is 3. The number of anilines is 5. The first-order chi connectivity index (χ1) is 14.7. The first kappa shape index (κ1) is 20.2. The lowest BCUT2D eigenvalue weighted by Crippen LogP contribution is -2.22. The van der Waals surface area contributed by atoms with E-state index in [1.807, 2.05) is 24.3 Å². The molecule has 2 heterocycles. The molecule has 0 saturated carbocycles. The van der Waals surface area contributed by atoms with Crippen LogP contribution < -0.4 is 16.4 Å². The number of piperidine rings is 1. The molecule has 30 heavy (non-hydrogen) atoms. The molecular formula is C22H25N7S. The van der Waals surface area contributed by atoms with Gasteiger partial charge in [-0.1, -0.05) is 18.6 Å². The molecule has 1 aromatic heterocycles. The van der Waals surface area contributed by atoms with Gasteiger partial charge in [-0.3, -0.25) is 0 Å². The van der Waals surface area contributed by atoms with Gasteiger partial charge in [-0.2, -0.15) is 4.98 Å². The van der Waals surface area contributed by atoms with Crippen LogP contribution in [-0.2, 0) is 0 Å². The topological polar surface area (TPSA) is 103 Å². The molecule has 3 aromatic rings. The summed E-state index contributed by atoms with van der Waals surface area (Å²) in [5, 5.41) is 14.1. The lowest BCUT2D eigenvalue weighted by molar-refractivity contribution is 0.380. The third-order valence-electron chi connectivity index (χ3n) is 4.84. The van der Waals surface area contributed by atoms with Gasteiger partial charge in [0.05, 0.1) is 5.69 Å². The van der Waals surface area contributed by atoms with E-state index in [2.05, 4.69) is 37.0 Å². The number of nitrogen functional groups attached to an aromatic ring is 1. The lowest BCUT2D eigenvalue weighted by Gasteiger charge is -2.25. The fourth-order valence-corrected chi connectivity index (χ4v) is 4.40. The molecule has 5 N–H and O–H groups in total. The van der Waals surface area contributed by atoms with Crippen molar-refractivity contribution in [1.82, 2.24) is 14.3 Å². The maximum atomic E-state index is 7.60. The standard InChI is InChI=1S/C22H25N7S/c23-15-18-19(24)8-5-9-20(18)27-21-10-11-25-22(28-21)26-16-6-4-7-17(14-16)30-29-12-2-1-3-13-29/h4-11,14-15,23H,1-3,12-13,24H2,(H2,25,26,27,28). The van der Waals surface area contributed by atoms with Crippen LogP contribution in [0.25, 0.3) is 0 Å². The Morgan fingerprint density at radius 2 is 1.87 bits per heavy atom. The van der Waals surface area contributed by atoms with Gasteiger partial charge in [-0.05, 0) is 61.2 Å². The summed E-state index contributed by atoms with van der Waals surface area (Å²) in [5.74, 6) is 1.13. The van der Waals surface area contributed by atoms with Gasteiger partial charge in [0.15, 0.2) is 0 Å². The molecule has 1 fully saturated rings. The third-order valence-corrected chi connectivity index (χ3v) is 5.93. The average Bonchev–Trinajstić information content (AvgIpc) is 2.75. The number of aromatic nitrogens is 2. The minimum Gasteiger partial charge on any atom is -0.398 e. The Morgan fingerprint density at radius 1 is 1.03 bits per heavy atom. The number of rotatable bonds is 7. The Balaban J connectivity index is 1.46. The summed E-state index contributed by atoms with van der Waals surface area (Å²) in [6.45, 7) is 2.28. The monoisotopic (exact) mass is 419 g/mol. The van der Waals surface area contributed by atoms with Gasteiger partial charge in [-0.15, -0.1) is 0 Å². The predicted molar refractivity (Wildman–Crippen MR) is 125 cm³/mol. The number of benzene rings is 2.